The number of guanidine groups is 1. The predicted molar refractivity (Wildman–Crippen MR) is 124 cm³/mol. The fourth-order valence-corrected chi connectivity index (χ4v) is 3.17. The molecule has 28 heavy (non-hydrogen) atoms. The van der Waals surface area contributed by atoms with Crippen LogP contribution in [0.25, 0.3) is 0 Å². The number of nitrogens with zero attached hydrogens (tertiary/aromatic N) is 3. The molecule has 0 spiro atoms. The van der Waals surface area contributed by atoms with Gasteiger partial charge in [-0.2, -0.15) is 0 Å². The SMILES string of the molecule is CCNC(=NCC(O)c1cc(OC)cc(OC)c1)N(C)Cc1csc(C)n1.I. The lowest BCUT2D eigenvalue weighted by Crippen LogP contribution is -2.38. The van der Waals surface area contributed by atoms with Crippen LogP contribution in [0.4, 0.5) is 0 Å². The summed E-state index contributed by atoms with van der Waals surface area (Å²) >= 11 is 1.63. The van der Waals surface area contributed by atoms with Gasteiger partial charge in [-0.25, -0.2) is 4.98 Å². The summed E-state index contributed by atoms with van der Waals surface area (Å²) in [6, 6.07) is 5.35. The van der Waals surface area contributed by atoms with Crippen molar-refractivity contribution in [2.24, 2.45) is 4.99 Å². The molecule has 0 bridgehead atoms. The van der Waals surface area contributed by atoms with Crippen LogP contribution in [0, 0.1) is 6.92 Å². The van der Waals surface area contributed by atoms with Gasteiger partial charge >= 0.3 is 0 Å². The van der Waals surface area contributed by atoms with Crippen molar-refractivity contribution in [1.29, 1.82) is 0 Å². The molecule has 9 heteroatoms. The molecule has 1 heterocycles. The highest BCUT2D eigenvalue weighted by Gasteiger charge is 2.13. The molecule has 1 unspecified atom stereocenters. The van der Waals surface area contributed by atoms with E-state index in [0.717, 1.165) is 23.2 Å². The largest absolute Gasteiger partial charge is 0.497 e. The highest BCUT2D eigenvalue weighted by atomic mass is 127. The van der Waals surface area contributed by atoms with Gasteiger partial charge in [-0.1, -0.05) is 0 Å². The van der Waals surface area contributed by atoms with E-state index in [1.807, 2.05) is 31.2 Å². The van der Waals surface area contributed by atoms with Gasteiger partial charge in [-0.3, -0.25) is 4.99 Å². The number of methoxy groups -OCH3 is 2. The molecule has 1 atom stereocenters. The van der Waals surface area contributed by atoms with Crippen LogP contribution in [-0.4, -0.2) is 55.3 Å². The van der Waals surface area contributed by atoms with Crippen molar-refractivity contribution >= 4 is 41.3 Å². The van der Waals surface area contributed by atoms with Crippen LogP contribution in [0.5, 0.6) is 11.5 Å². The van der Waals surface area contributed by atoms with Gasteiger partial charge in [-0.15, -0.1) is 35.3 Å². The number of benzene rings is 1. The Balaban J connectivity index is 0.00000392. The molecule has 7 nitrogen and oxygen atoms in total. The molecule has 2 aromatic rings. The number of rotatable bonds is 8. The van der Waals surface area contributed by atoms with Crippen LogP contribution < -0.4 is 14.8 Å². The fourth-order valence-electron chi connectivity index (χ4n) is 2.57. The third kappa shape index (κ3) is 7.10. The van der Waals surface area contributed by atoms with E-state index in [1.54, 1.807) is 43.8 Å². The van der Waals surface area contributed by atoms with Gasteiger partial charge in [0.2, 0.25) is 0 Å². The summed E-state index contributed by atoms with van der Waals surface area (Å²) in [5.41, 5.74) is 1.70. The number of thiazole rings is 1. The summed E-state index contributed by atoms with van der Waals surface area (Å²) in [6.07, 6.45) is -0.766. The number of aliphatic hydroxyl groups excluding tert-OH is 1. The zero-order valence-electron chi connectivity index (χ0n) is 16.9. The first-order valence-electron chi connectivity index (χ1n) is 8.78. The molecular formula is C19H29IN4O3S. The zero-order valence-corrected chi connectivity index (χ0v) is 20.1. The quantitative estimate of drug-likeness (QED) is 0.316. The summed E-state index contributed by atoms with van der Waals surface area (Å²) in [7, 11) is 5.13. The van der Waals surface area contributed by atoms with Crippen LogP contribution in [-0.2, 0) is 6.54 Å². The van der Waals surface area contributed by atoms with Gasteiger partial charge in [0.1, 0.15) is 11.5 Å². The van der Waals surface area contributed by atoms with Crippen LogP contribution in [0.3, 0.4) is 0 Å². The van der Waals surface area contributed by atoms with E-state index in [0.29, 0.717) is 23.6 Å². The molecule has 0 radical (unpaired) electrons. The molecule has 0 amide bonds. The molecule has 2 N–H and O–H groups in total. The van der Waals surface area contributed by atoms with Crippen LogP contribution in [0.2, 0.25) is 0 Å². The van der Waals surface area contributed by atoms with E-state index in [1.165, 1.54) is 0 Å². The zero-order chi connectivity index (χ0) is 19.8. The Morgan fingerprint density at radius 3 is 2.43 bits per heavy atom. The van der Waals surface area contributed by atoms with E-state index in [2.05, 4.69) is 15.3 Å². The Bertz CT molecular complexity index is 747. The van der Waals surface area contributed by atoms with E-state index >= 15 is 0 Å². The van der Waals surface area contributed by atoms with Crippen molar-refractivity contribution in [2.45, 2.75) is 26.5 Å². The minimum Gasteiger partial charge on any atom is -0.497 e. The average molecular weight is 520 g/mol. The van der Waals surface area contributed by atoms with Gasteiger partial charge in [0.05, 0.1) is 44.1 Å². The molecule has 0 aliphatic rings. The van der Waals surface area contributed by atoms with Crippen molar-refractivity contribution in [3.05, 3.63) is 39.8 Å². The summed E-state index contributed by atoms with van der Waals surface area (Å²) in [6.45, 7) is 5.62. The molecule has 0 aliphatic heterocycles. The highest BCUT2D eigenvalue weighted by molar-refractivity contribution is 14.0. The molecule has 1 aromatic heterocycles. The second-order valence-electron chi connectivity index (χ2n) is 6.07. The average Bonchev–Trinajstić information content (AvgIpc) is 3.08. The van der Waals surface area contributed by atoms with Crippen molar-refractivity contribution in [3.63, 3.8) is 0 Å². The summed E-state index contributed by atoms with van der Waals surface area (Å²) in [5, 5.41) is 16.9. The molecule has 156 valence electrons. The van der Waals surface area contributed by atoms with Crippen molar-refractivity contribution in [2.75, 3.05) is 34.4 Å². The number of halogens is 1. The maximum atomic E-state index is 10.6. The number of aliphatic imine (C=N–C) groups is 1. The van der Waals surface area contributed by atoms with Gasteiger partial charge in [-0.05, 0) is 31.5 Å². The smallest absolute Gasteiger partial charge is 0.194 e. The Labute approximate surface area is 187 Å². The van der Waals surface area contributed by atoms with E-state index in [4.69, 9.17) is 9.47 Å². The maximum Gasteiger partial charge on any atom is 0.194 e. The molecule has 0 saturated heterocycles. The number of aliphatic hydroxyl groups is 1. The van der Waals surface area contributed by atoms with E-state index < -0.39 is 6.10 Å². The number of aromatic nitrogens is 1. The third-order valence-electron chi connectivity index (χ3n) is 3.93. The minimum absolute atomic E-state index is 0. The minimum atomic E-state index is -0.766. The van der Waals surface area contributed by atoms with Gasteiger partial charge in [0, 0.05) is 25.0 Å². The second kappa shape index (κ2) is 12.1. The maximum absolute atomic E-state index is 10.6. The predicted octanol–water partition coefficient (Wildman–Crippen LogP) is 3.22. The number of hydrogen-bond donors (Lipinski definition) is 2. The van der Waals surface area contributed by atoms with Gasteiger partial charge < -0.3 is 24.8 Å². The number of hydrogen-bond acceptors (Lipinski definition) is 6. The normalized spacial score (nSPS) is 12.1. The molecule has 0 fully saturated rings. The Kier molecular flexibility index (Phi) is 10.5. The summed E-state index contributed by atoms with van der Waals surface area (Å²) < 4.78 is 10.5. The van der Waals surface area contributed by atoms with Crippen molar-refractivity contribution < 1.29 is 14.6 Å². The Morgan fingerprint density at radius 2 is 1.93 bits per heavy atom. The monoisotopic (exact) mass is 520 g/mol. The number of aryl methyl sites for hydroxylation is 1. The van der Waals surface area contributed by atoms with Crippen molar-refractivity contribution in [1.82, 2.24) is 15.2 Å². The lowest BCUT2D eigenvalue weighted by molar-refractivity contribution is 0.185. The van der Waals surface area contributed by atoms with Crippen LogP contribution in [0.1, 0.15) is 29.3 Å². The van der Waals surface area contributed by atoms with Gasteiger partial charge in [0.25, 0.3) is 0 Å². The third-order valence-corrected chi connectivity index (χ3v) is 4.76. The Morgan fingerprint density at radius 1 is 1.29 bits per heavy atom. The highest BCUT2D eigenvalue weighted by Crippen LogP contribution is 2.26. The lowest BCUT2D eigenvalue weighted by Gasteiger charge is -2.22. The fraction of sp³-hybridized carbons (Fsp3) is 0.474. The standard InChI is InChI=1S/C19H28N4O3S.HI/c1-6-20-19(23(3)11-15-12-27-13(2)22-15)21-10-18(24)14-7-16(25-4)9-17(8-14)26-5;/h7-9,12,18,24H,6,10-11H2,1-5H3,(H,20,21);1H. The first-order chi connectivity index (χ1) is 13.0. The van der Waals surface area contributed by atoms with Crippen molar-refractivity contribution in [3.8, 4) is 11.5 Å². The molecule has 0 aliphatic carbocycles. The molecule has 2 rings (SSSR count). The first-order valence-corrected chi connectivity index (χ1v) is 9.66. The summed E-state index contributed by atoms with van der Waals surface area (Å²) in [5.74, 6) is 1.99. The van der Waals surface area contributed by atoms with E-state index in [-0.39, 0.29) is 30.5 Å². The number of ether oxygens (including phenoxy) is 2. The topological polar surface area (TPSA) is 79.2 Å². The Hall–Kier alpha value is -1.59. The number of nitrogens with one attached hydrogen (secondary N) is 1. The van der Waals surface area contributed by atoms with Crippen LogP contribution in [0.15, 0.2) is 28.6 Å². The molecule has 1 aromatic carbocycles. The van der Waals surface area contributed by atoms with Gasteiger partial charge in [0.15, 0.2) is 5.96 Å². The summed E-state index contributed by atoms with van der Waals surface area (Å²) in [4.78, 5) is 11.1. The second-order valence-corrected chi connectivity index (χ2v) is 7.13. The molecular weight excluding hydrogens is 491 g/mol. The van der Waals surface area contributed by atoms with Crippen LogP contribution >= 0.6 is 35.3 Å². The lowest BCUT2D eigenvalue weighted by atomic mass is 10.1. The first kappa shape index (κ1) is 24.4. The molecule has 0 saturated carbocycles. The van der Waals surface area contributed by atoms with E-state index in [9.17, 15) is 5.11 Å².